The van der Waals surface area contributed by atoms with Crippen molar-refractivity contribution >= 4 is 12.0 Å². The van der Waals surface area contributed by atoms with Crippen molar-refractivity contribution < 1.29 is 14.3 Å². The molecule has 2 atom stereocenters. The van der Waals surface area contributed by atoms with Crippen LogP contribution in [0.3, 0.4) is 0 Å². The third-order valence-corrected chi connectivity index (χ3v) is 3.58. The number of nitrogens with one attached hydrogen (secondary N) is 3. The second-order valence-electron chi connectivity index (χ2n) is 7.38. The zero-order chi connectivity index (χ0) is 16.3. The summed E-state index contributed by atoms with van der Waals surface area (Å²) in [5.74, 6) is -0.180. The van der Waals surface area contributed by atoms with Crippen molar-refractivity contribution in [2.75, 3.05) is 13.1 Å². The van der Waals surface area contributed by atoms with E-state index in [1.807, 2.05) is 0 Å². The SMILES string of the molecule is C[C@H](NC(=O)OC(C)(C)C)C(=O)NC1CCNCC1(C)C. The van der Waals surface area contributed by atoms with E-state index >= 15 is 0 Å². The summed E-state index contributed by atoms with van der Waals surface area (Å²) in [5.41, 5.74) is -0.573. The summed E-state index contributed by atoms with van der Waals surface area (Å²) in [7, 11) is 0. The highest BCUT2D eigenvalue weighted by atomic mass is 16.6. The smallest absolute Gasteiger partial charge is 0.408 e. The maximum atomic E-state index is 12.2. The Bertz CT molecular complexity index is 388. The Balaban J connectivity index is 2.49. The van der Waals surface area contributed by atoms with Gasteiger partial charge in [-0.1, -0.05) is 13.8 Å². The summed E-state index contributed by atoms with van der Waals surface area (Å²) in [6.45, 7) is 13.0. The first-order chi connectivity index (χ1) is 9.51. The van der Waals surface area contributed by atoms with Gasteiger partial charge in [-0.3, -0.25) is 4.79 Å². The molecule has 1 aliphatic heterocycles. The minimum absolute atomic E-state index is 0.000448. The van der Waals surface area contributed by atoms with E-state index in [0.717, 1.165) is 19.5 Å². The number of piperidine rings is 1. The van der Waals surface area contributed by atoms with Crippen LogP contribution in [0.25, 0.3) is 0 Å². The molecule has 1 fully saturated rings. The summed E-state index contributed by atoms with van der Waals surface area (Å²) in [6, 6.07) is -0.514. The molecule has 1 unspecified atom stereocenters. The van der Waals surface area contributed by atoms with Gasteiger partial charge >= 0.3 is 6.09 Å². The Labute approximate surface area is 127 Å². The monoisotopic (exact) mass is 299 g/mol. The molecule has 122 valence electrons. The van der Waals surface area contributed by atoms with Crippen LogP contribution in [0, 0.1) is 5.41 Å². The van der Waals surface area contributed by atoms with E-state index in [9.17, 15) is 9.59 Å². The maximum absolute atomic E-state index is 12.2. The summed E-state index contributed by atoms with van der Waals surface area (Å²) >= 11 is 0. The van der Waals surface area contributed by atoms with Gasteiger partial charge in [0, 0.05) is 12.6 Å². The molecule has 1 aliphatic rings. The number of ether oxygens (including phenoxy) is 1. The summed E-state index contributed by atoms with van der Waals surface area (Å²) in [5, 5.41) is 8.92. The molecule has 0 spiro atoms. The molecule has 1 heterocycles. The Morgan fingerprint density at radius 1 is 1.33 bits per heavy atom. The Morgan fingerprint density at radius 2 is 1.95 bits per heavy atom. The van der Waals surface area contributed by atoms with Crippen LogP contribution in [-0.4, -0.2) is 42.8 Å². The van der Waals surface area contributed by atoms with Crippen molar-refractivity contribution in [3.05, 3.63) is 0 Å². The van der Waals surface area contributed by atoms with Gasteiger partial charge in [-0.05, 0) is 46.1 Å². The minimum Gasteiger partial charge on any atom is -0.444 e. The van der Waals surface area contributed by atoms with Gasteiger partial charge < -0.3 is 20.7 Å². The van der Waals surface area contributed by atoms with Gasteiger partial charge in [-0.15, -0.1) is 0 Å². The quantitative estimate of drug-likeness (QED) is 0.736. The number of rotatable bonds is 3. The first-order valence-electron chi connectivity index (χ1n) is 7.52. The molecular weight excluding hydrogens is 270 g/mol. The third-order valence-electron chi connectivity index (χ3n) is 3.58. The minimum atomic E-state index is -0.620. The van der Waals surface area contributed by atoms with E-state index in [1.54, 1.807) is 27.7 Å². The van der Waals surface area contributed by atoms with Gasteiger partial charge in [-0.25, -0.2) is 4.79 Å². The van der Waals surface area contributed by atoms with Crippen molar-refractivity contribution in [3.8, 4) is 0 Å². The predicted molar refractivity (Wildman–Crippen MR) is 82.0 cm³/mol. The standard InChI is InChI=1S/C15H29N3O3/c1-10(17-13(20)21-14(2,3)4)12(19)18-11-7-8-16-9-15(11,5)6/h10-11,16H,7-9H2,1-6H3,(H,17,20)(H,18,19)/t10-,11?/m0/s1. The molecule has 21 heavy (non-hydrogen) atoms. The van der Waals surface area contributed by atoms with Gasteiger partial charge in [0.25, 0.3) is 0 Å². The van der Waals surface area contributed by atoms with Crippen molar-refractivity contribution in [1.29, 1.82) is 0 Å². The molecule has 6 heteroatoms. The Kier molecular flexibility index (Phi) is 5.61. The van der Waals surface area contributed by atoms with E-state index in [2.05, 4.69) is 29.8 Å². The molecule has 0 aromatic heterocycles. The fourth-order valence-corrected chi connectivity index (χ4v) is 2.29. The molecule has 6 nitrogen and oxygen atoms in total. The maximum Gasteiger partial charge on any atom is 0.408 e. The first-order valence-corrected chi connectivity index (χ1v) is 7.52. The second kappa shape index (κ2) is 6.64. The number of amides is 2. The highest BCUT2D eigenvalue weighted by Crippen LogP contribution is 2.24. The third kappa shape index (κ3) is 5.91. The van der Waals surface area contributed by atoms with Gasteiger partial charge in [0.1, 0.15) is 11.6 Å². The molecule has 0 saturated carbocycles. The van der Waals surface area contributed by atoms with Crippen LogP contribution in [-0.2, 0) is 9.53 Å². The molecule has 0 radical (unpaired) electrons. The number of alkyl carbamates (subject to hydrolysis) is 1. The molecule has 0 bridgehead atoms. The molecule has 3 N–H and O–H groups in total. The van der Waals surface area contributed by atoms with Crippen molar-refractivity contribution in [1.82, 2.24) is 16.0 Å². The van der Waals surface area contributed by atoms with Crippen LogP contribution in [0.2, 0.25) is 0 Å². The van der Waals surface area contributed by atoms with E-state index < -0.39 is 17.7 Å². The fourth-order valence-electron chi connectivity index (χ4n) is 2.29. The second-order valence-corrected chi connectivity index (χ2v) is 7.38. The van der Waals surface area contributed by atoms with Gasteiger partial charge in [0.15, 0.2) is 0 Å². The van der Waals surface area contributed by atoms with E-state index in [-0.39, 0.29) is 17.4 Å². The van der Waals surface area contributed by atoms with Crippen molar-refractivity contribution in [2.45, 2.75) is 65.6 Å². The van der Waals surface area contributed by atoms with Gasteiger partial charge in [0.2, 0.25) is 5.91 Å². The Morgan fingerprint density at radius 3 is 2.48 bits per heavy atom. The van der Waals surface area contributed by atoms with Crippen LogP contribution >= 0.6 is 0 Å². The van der Waals surface area contributed by atoms with Crippen LogP contribution in [0.15, 0.2) is 0 Å². The molecule has 0 aliphatic carbocycles. The molecule has 0 aromatic rings. The fraction of sp³-hybridized carbons (Fsp3) is 0.867. The number of hydrogen-bond acceptors (Lipinski definition) is 4. The first kappa shape index (κ1) is 17.8. The highest BCUT2D eigenvalue weighted by molar-refractivity contribution is 5.85. The topological polar surface area (TPSA) is 79.5 Å². The van der Waals surface area contributed by atoms with Crippen molar-refractivity contribution in [3.63, 3.8) is 0 Å². The zero-order valence-corrected chi connectivity index (χ0v) is 14.0. The van der Waals surface area contributed by atoms with Crippen LogP contribution in [0.1, 0.15) is 48.0 Å². The normalized spacial score (nSPS) is 23.0. The zero-order valence-electron chi connectivity index (χ0n) is 14.0. The predicted octanol–water partition coefficient (Wildman–Crippen LogP) is 1.40. The van der Waals surface area contributed by atoms with E-state index in [1.165, 1.54) is 0 Å². The van der Waals surface area contributed by atoms with E-state index in [0.29, 0.717) is 0 Å². The number of hydrogen-bond donors (Lipinski definition) is 3. The van der Waals surface area contributed by atoms with E-state index in [4.69, 9.17) is 4.74 Å². The Hall–Kier alpha value is -1.30. The van der Waals surface area contributed by atoms with Gasteiger partial charge in [0.05, 0.1) is 0 Å². The summed E-state index contributed by atoms with van der Waals surface area (Å²) < 4.78 is 5.15. The highest BCUT2D eigenvalue weighted by Gasteiger charge is 2.34. The summed E-state index contributed by atoms with van der Waals surface area (Å²) in [6.07, 6.45) is 0.312. The van der Waals surface area contributed by atoms with Crippen LogP contribution in [0.4, 0.5) is 4.79 Å². The lowest BCUT2D eigenvalue weighted by Crippen LogP contribution is -2.57. The average molecular weight is 299 g/mol. The summed E-state index contributed by atoms with van der Waals surface area (Å²) in [4.78, 5) is 23.9. The molecular formula is C15H29N3O3. The lowest BCUT2D eigenvalue weighted by atomic mass is 9.80. The molecule has 1 rings (SSSR count). The average Bonchev–Trinajstić information content (AvgIpc) is 2.28. The molecule has 0 aromatic carbocycles. The molecule has 2 amide bonds. The van der Waals surface area contributed by atoms with Gasteiger partial charge in [-0.2, -0.15) is 0 Å². The number of carbonyl (C=O) groups excluding carboxylic acids is 2. The van der Waals surface area contributed by atoms with Crippen LogP contribution in [0.5, 0.6) is 0 Å². The number of carbonyl (C=O) groups is 2. The van der Waals surface area contributed by atoms with Crippen molar-refractivity contribution in [2.24, 2.45) is 5.41 Å². The molecule has 1 saturated heterocycles. The largest absolute Gasteiger partial charge is 0.444 e. The lowest BCUT2D eigenvalue weighted by Gasteiger charge is -2.39. The van der Waals surface area contributed by atoms with Crippen LogP contribution < -0.4 is 16.0 Å². The lowest BCUT2D eigenvalue weighted by molar-refractivity contribution is -0.124.